The lowest BCUT2D eigenvalue weighted by molar-refractivity contribution is -0.0381. The van der Waals surface area contributed by atoms with Crippen LogP contribution in [0.4, 0.5) is 5.69 Å². The third kappa shape index (κ3) is 2.66. The Morgan fingerprint density at radius 1 is 1.21 bits per heavy atom. The van der Waals surface area contributed by atoms with Crippen LogP contribution in [0, 0.1) is 17.2 Å². The number of hydrogen-bond donors (Lipinski definition) is 1. The van der Waals surface area contributed by atoms with E-state index in [1.165, 1.54) is 5.56 Å². The van der Waals surface area contributed by atoms with Crippen molar-refractivity contribution in [3.05, 3.63) is 64.2 Å². The number of anilines is 1. The zero-order valence-corrected chi connectivity index (χ0v) is 14.1. The highest BCUT2D eigenvalue weighted by molar-refractivity contribution is 6.31. The largest absolute Gasteiger partial charge is 0.377 e. The minimum absolute atomic E-state index is 0.0647. The average molecular weight is 339 g/mol. The lowest BCUT2D eigenvalue weighted by atomic mass is 9.77. The Morgan fingerprint density at radius 3 is 2.92 bits per heavy atom. The van der Waals surface area contributed by atoms with Crippen LogP contribution in [0.1, 0.15) is 41.7 Å². The Balaban J connectivity index is 1.77. The van der Waals surface area contributed by atoms with E-state index in [1.807, 2.05) is 24.3 Å². The molecule has 0 radical (unpaired) electrons. The molecule has 3 unspecified atom stereocenters. The number of nitrogens with one attached hydrogen (secondary N) is 1. The summed E-state index contributed by atoms with van der Waals surface area (Å²) in [5.74, 6) is 0.350. The van der Waals surface area contributed by atoms with Gasteiger partial charge in [0, 0.05) is 28.8 Å². The van der Waals surface area contributed by atoms with Gasteiger partial charge in [0.1, 0.15) is 0 Å². The summed E-state index contributed by atoms with van der Waals surface area (Å²) in [5, 5.41) is 13.4. The molecule has 4 heteroatoms. The van der Waals surface area contributed by atoms with Crippen molar-refractivity contribution < 1.29 is 4.74 Å². The molecule has 2 aliphatic heterocycles. The molecule has 4 rings (SSSR count). The van der Waals surface area contributed by atoms with Crippen LogP contribution in [-0.4, -0.2) is 6.61 Å². The summed E-state index contributed by atoms with van der Waals surface area (Å²) in [6.07, 6.45) is 2.67. The highest BCUT2D eigenvalue weighted by Crippen LogP contribution is 2.50. The van der Waals surface area contributed by atoms with Crippen molar-refractivity contribution in [3.8, 4) is 6.07 Å². The predicted molar refractivity (Wildman–Crippen MR) is 95.0 cm³/mol. The maximum atomic E-state index is 8.97. The average Bonchev–Trinajstić information content (AvgIpc) is 2.62. The van der Waals surface area contributed by atoms with E-state index < -0.39 is 0 Å². The molecule has 2 aromatic rings. The van der Waals surface area contributed by atoms with Gasteiger partial charge in [0.05, 0.1) is 24.6 Å². The van der Waals surface area contributed by atoms with Gasteiger partial charge in [-0.1, -0.05) is 41.9 Å². The lowest BCUT2D eigenvalue weighted by Gasteiger charge is -2.43. The Hall–Kier alpha value is -2.02. The molecule has 24 heavy (non-hydrogen) atoms. The highest BCUT2D eigenvalue weighted by atomic mass is 35.5. The second kappa shape index (κ2) is 6.47. The van der Waals surface area contributed by atoms with E-state index in [0.717, 1.165) is 41.3 Å². The van der Waals surface area contributed by atoms with Crippen molar-refractivity contribution in [2.45, 2.75) is 31.4 Å². The molecule has 122 valence electrons. The van der Waals surface area contributed by atoms with Gasteiger partial charge in [-0.25, -0.2) is 0 Å². The smallest absolute Gasteiger partial charge is 0.0895 e. The van der Waals surface area contributed by atoms with E-state index in [2.05, 4.69) is 29.6 Å². The first-order valence-electron chi connectivity index (χ1n) is 8.40. The van der Waals surface area contributed by atoms with Crippen LogP contribution in [0.3, 0.4) is 0 Å². The second-order valence-corrected chi connectivity index (χ2v) is 6.90. The standard InChI is InChI=1S/C20H19ClN2O/c21-17-6-2-1-4-14(17)19-15-5-3-11-24-20(15)16-12-13(9-10-22)7-8-18(16)23-19/h1-2,4,6-8,12,15,19-20,23H,3,5,9,11H2. The number of ether oxygens (including phenoxy) is 1. The Kier molecular flexibility index (Phi) is 4.18. The fourth-order valence-electron chi connectivity index (χ4n) is 3.96. The number of benzene rings is 2. The van der Waals surface area contributed by atoms with Crippen LogP contribution in [-0.2, 0) is 11.2 Å². The Labute approximate surface area is 147 Å². The summed E-state index contributed by atoms with van der Waals surface area (Å²) in [6, 6.07) is 16.6. The van der Waals surface area contributed by atoms with Gasteiger partial charge in [-0.05, 0) is 36.1 Å². The minimum Gasteiger partial charge on any atom is -0.377 e. The van der Waals surface area contributed by atoms with Crippen molar-refractivity contribution in [1.29, 1.82) is 5.26 Å². The van der Waals surface area contributed by atoms with Crippen molar-refractivity contribution in [1.82, 2.24) is 0 Å². The van der Waals surface area contributed by atoms with E-state index in [0.29, 0.717) is 12.3 Å². The lowest BCUT2D eigenvalue weighted by Crippen LogP contribution is -2.36. The summed E-state index contributed by atoms with van der Waals surface area (Å²) in [5.41, 5.74) is 4.44. The summed E-state index contributed by atoms with van der Waals surface area (Å²) in [6.45, 7) is 0.790. The van der Waals surface area contributed by atoms with Crippen molar-refractivity contribution in [2.24, 2.45) is 5.92 Å². The summed E-state index contributed by atoms with van der Waals surface area (Å²) in [7, 11) is 0. The summed E-state index contributed by atoms with van der Waals surface area (Å²) in [4.78, 5) is 0. The molecule has 0 bridgehead atoms. The van der Waals surface area contributed by atoms with Gasteiger partial charge < -0.3 is 10.1 Å². The van der Waals surface area contributed by atoms with Crippen LogP contribution in [0.15, 0.2) is 42.5 Å². The van der Waals surface area contributed by atoms with Gasteiger partial charge in [0.25, 0.3) is 0 Å². The molecule has 3 atom stereocenters. The van der Waals surface area contributed by atoms with Crippen LogP contribution in [0.5, 0.6) is 0 Å². The molecular weight excluding hydrogens is 320 g/mol. The van der Waals surface area contributed by atoms with Gasteiger partial charge in [-0.3, -0.25) is 0 Å². The predicted octanol–water partition coefficient (Wildman–Crippen LogP) is 5.04. The van der Waals surface area contributed by atoms with Gasteiger partial charge >= 0.3 is 0 Å². The first-order chi connectivity index (χ1) is 11.8. The molecule has 0 aliphatic carbocycles. The first-order valence-corrected chi connectivity index (χ1v) is 8.78. The fraction of sp³-hybridized carbons (Fsp3) is 0.350. The molecule has 0 amide bonds. The molecule has 2 aliphatic rings. The molecule has 1 saturated heterocycles. The van der Waals surface area contributed by atoms with Gasteiger partial charge in [-0.15, -0.1) is 0 Å². The Morgan fingerprint density at radius 2 is 2.08 bits per heavy atom. The highest BCUT2D eigenvalue weighted by Gasteiger charge is 2.40. The van der Waals surface area contributed by atoms with Crippen LogP contribution in [0.25, 0.3) is 0 Å². The molecule has 1 N–H and O–H groups in total. The topological polar surface area (TPSA) is 45.0 Å². The van der Waals surface area contributed by atoms with Gasteiger partial charge in [0.15, 0.2) is 0 Å². The summed E-state index contributed by atoms with van der Waals surface area (Å²) >= 11 is 6.47. The van der Waals surface area contributed by atoms with Gasteiger partial charge in [-0.2, -0.15) is 5.26 Å². The van der Waals surface area contributed by atoms with E-state index in [-0.39, 0.29) is 12.1 Å². The third-order valence-electron chi connectivity index (χ3n) is 5.05. The van der Waals surface area contributed by atoms with Crippen LogP contribution < -0.4 is 5.32 Å². The molecule has 1 fully saturated rings. The van der Waals surface area contributed by atoms with E-state index in [9.17, 15) is 0 Å². The number of rotatable bonds is 2. The molecule has 0 aromatic heterocycles. The fourth-order valence-corrected chi connectivity index (χ4v) is 4.21. The second-order valence-electron chi connectivity index (χ2n) is 6.50. The summed E-state index contributed by atoms with van der Waals surface area (Å²) < 4.78 is 6.17. The molecule has 0 spiro atoms. The quantitative estimate of drug-likeness (QED) is 0.834. The monoisotopic (exact) mass is 338 g/mol. The van der Waals surface area contributed by atoms with E-state index in [1.54, 1.807) is 0 Å². The number of nitrogens with zero attached hydrogens (tertiary/aromatic N) is 1. The minimum atomic E-state index is 0.0647. The van der Waals surface area contributed by atoms with Gasteiger partial charge in [0.2, 0.25) is 0 Å². The van der Waals surface area contributed by atoms with Crippen molar-refractivity contribution in [3.63, 3.8) is 0 Å². The zero-order chi connectivity index (χ0) is 16.5. The molecule has 2 aromatic carbocycles. The van der Waals surface area contributed by atoms with E-state index in [4.69, 9.17) is 21.6 Å². The molecule has 0 saturated carbocycles. The van der Waals surface area contributed by atoms with Crippen molar-refractivity contribution in [2.75, 3.05) is 11.9 Å². The molecular formula is C20H19ClN2O. The maximum absolute atomic E-state index is 8.97. The molecule has 3 nitrogen and oxygen atoms in total. The first kappa shape index (κ1) is 15.5. The molecule has 2 heterocycles. The number of nitriles is 1. The Bertz CT molecular complexity index is 798. The van der Waals surface area contributed by atoms with E-state index >= 15 is 0 Å². The number of fused-ring (bicyclic) bond motifs is 3. The normalized spacial score (nSPS) is 25.1. The SMILES string of the molecule is N#CCc1ccc2c(c1)C1OCCCC1C(c1ccccc1Cl)N2. The van der Waals surface area contributed by atoms with Crippen molar-refractivity contribution >= 4 is 17.3 Å². The van der Waals surface area contributed by atoms with Crippen LogP contribution in [0.2, 0.25) is 5.02 Å². The van der Waals surface area contributed by atoms with Crippen LogP contribution >= 0.6 is 11.6 Å². The zero-order valence-electron chi connectivity index (χ0n) is 13.3. The number of hydrogen-bond acceptors (Lipinski definition) is 3. The maximum Gasteiger partial charge on any atom is 0.0895 e. The number of halogens is 1. The third-order valence-corrected chi connectivity index (χ3v) is 5.40.